The Morgan fingerprint density at radius 1 is 1.22 bits per heavy atom. The molecule has 0 bridgehead atoms. The van der Waals surface area contributed by atoms with Gasteiger partial charge in [0.25, 0.3) is 0 Å². The summed E-state index contributed by atoms with van der Waals surface area (Å²) in [6.07, 6.45) is 0.862. The number of hydrogen-bond donors (Lipinski definition) is 1. The molecule has 1 aromatic heterocycles. The van der Waals surface area contributed by atoms with Crippen molar-refractivity contribution in [1.82, 2.24) is 9.97 Å². The zero-order valence-electron chi connectivity index (χ0n) is 12.5. The molecule has 0 fully saturated rings. The summed E-state index contributed by atoms with van der Waals surface area (Å²) in [7, 11) is 1.91. The molecule has 0 aliphatic carbocycles. The van der Waals surface area contributed by atoms with E-state index in [1.807, 2.05) is 7.05 Å². The summed E-state index contributed by atoms with van der Waals surface area (Å²) in [6.45, 7) is 12.8. The maximum Gasteiger partial charge on any atom is 0.137 e. The molecule has 0 aromatic carbocycles. The van der Waals surface area contributed by atoms with Crippen LogP contribution in [-0.2, 0) is 6.42 Å². The lowest BCUT2D eigenvalue weighted by Crippen LogP contribution is -2.29. The standard InChI is InChI=1S/C14H26N4/c1-7-12-16-13(15-6)11(5)14(17-12)18(8-2)9-10(3)4/h10H,7-9H2,1-6H3,(H,15,16,17). The number of hydrogen-bond acceptors (Lipinski definition) is 4. The first-order valence-electron chi connectivity index (χ1n) is 6.83. The van der Waals surface area contributed by atoms with E-state index in [-0.39, 0.29) is 0 Å². The molecule has 0 unspecified atom stereocenters. The van der Waals surface area contributed by atoms with Crippen LogP contribution >= 0.6 is 0 Å². The summed E-state index contributed by atoms with van der Waals surface area (Å²) < 4.78 is 0. The van der Waals surface area contributed by atoms with Gasteiger partial charge in [-0.1, -0.05) is 20.8 Å². The van der Waals surface area contributed by atoms with Crippen molar-refractivity contribution in [1.29, 1.82) is 0 Å². The van der Waals surface area contributed by atoms with E-state index in [1.165, 1.54) is 0 Å². The number of aromatic nitrogens is 2. The van der Waals surface area contributed by atoms with Crippen molar-refractivity contribution < 1.29 is 0 Å². The molecule has 1 N–H and O–H groups in total. The lowest BCUT2D eigenvalue weighted by atomic mass is 10.2. The van der Waals surface area contributed by atoms with Crippen LogP contribution in [0.25, 0.3) is 0 Å². The molecule has 1 rings (SSSR count). The van der Waals surface area contributed by atoms with Gasteiger partial charge in [0.1, 0.15) is 17.5 Å². The van der Waals surface area contributed by atoms with Gasteiger partial charge in [0, 0.05) is 32.1 Å². The first-order chi connectivity index (χ1) is 8.53. The lowest BCUT2D eigenvalue weighted by Gasteiger charge is -2.26. The van der Waals surface area contributed by atoms with E-state index in [4.69, 9.17) is 4.98 Å². The van der Waals surface area contributed by atoms with E-state index >= 15 is 0 Å². The summed E-state index contributed by atoms with van der Waals surface area (Å²) in [5.74, 6) is 3.55. The SMILES string of the molecule is CCc1nc(NC)c(C)c(N(CC)CC(C)C)n1. The quantitative estimate of drug-likeness (QED) is 0.843. The third-order valence-electron chi connectivity index (χ3n) is 2.99. The van der Waals surface area contributed by atoms with Crippen LogP contribution in [0.15, 0.2) is 0 Å². The molecule has 1 aromatic rings. The Kier molecular flexibility index (Phi) is 5.38. The monoisotopic (exact) mass is 250 g/mol. The normalized spacial score (nSPS) is 10.8. The predicted octanol–water partition coefficient (Wildman–Crippen LogP) is 2.87. The van der Waals surface area contributed by atoms with Gasteiger partial charge in [0.15, 0.2) is 0 Å². The number of rotatable bonds is 6. The molecule has 0 aliphatic heterocycles. The molecule has 0 atom stereocenters. The number of nitrogens with zero attached hydrogens (tertiary/aromatic N) is 3. The maximum absolute atomic E-state index is 4.70. The number of aryl methyl sites for hydroxylation is 1. The second kappa shape index (κ2) is 6.57. The van der Waals surface area contributed by atoms with Gasteiger partial charge in [-0.05, 0) is 19.8 Å². The number of nitrogens with one attached hydrogen (secondary N) is 1. The van der Waals surface area contributed by atoms with Crippen LogP contribution in [0.1, 0.15) is 39.1 Å². The average Bonchev–Trinajstić information content (AvgIpc) is 2.36. The van der Waals surface area contributed by atoms with Crippen molar-refractivity contribution in [3.8, 4) is 0 Å². The van der Waals surface area contributed by atoms with Crippen LogP contribution < -0.4 is 10.2 Å². The van der Waals surface area contributed by atoms with E-state index in [0.29, 0.717) is 5.92 Å². The summed E-state index contributed by atoms with van der Waals surface area (Å²) in [6, 6.07) is 0. The van der Waals surface area contributed by atoms with Gasteiger partial charge in [-0.15, -0.1) is 0 Å². The topological polar surface area (TPSA) is 41.1 Å². The minimum Gasteiger partial charge on any atom is -0.373 e. The largest absolute Gasteiger partial charge is 0.373 e. The Morgan fingerprint density at radius 3 is 2.33 bits per heavy atom. The highest BCUT2D eigenvalue weighted by Crippen LogP contribution is 2.24. The molecule has 1 heterocycles. The minimum atomic E-state index is 0.627. The van der Waals surface area contributed by atoms with Crippen molar-refractivity contribution in [2.45, 2.75) is 41.0 Å². The van der Waals surface area contributed by atoms with Crippen LogP contribution in [0, 0.1) is 12.8 Å². The molecule has 0 spiro atoms. The zero-order valence-corrected chi connectivity index (χ0v) is 12.5. The summed E-state index contributed by atoms with van der Waals surface area (Å²) in [4.78, 5) is 11.6. The summed E-state index contributed by atoms with van der Waals surface area (Å²) in [5.41, 5.74) is 1.14. The summed E-state index contributed by atoms with van der Waals surface area (Å²) >= 11 is 0. The molecule has 0 radical (unpaired) electrons. The lowest BCUT2D eigenvalue weighted by molar-refractivity contribution is 0.612. The fourth-order valence-corrected chi connectivity index (χ4v) is 2.07. The third-order valence-corrected chi connectivity index (χ3v) is 2.99. The van der Waals surface area contributed by atoms with Crippen LogP contribution in [0.2, 0.25) is 0 Å². The molecule has 0 amide bonds. The fourth-order valence-electron chi connectivity index (χ4n) is 2.07. The molecule has 0 aliphatic rings. The van der Waals surface area contributed by atoms with E-state index in [1.54, 1.807) is 0 Å². The van der Waals surface area contributed by atoms with Gasteiger partial charge in [-0.2, -0.15) is 0 Å². The van der Waals surface area contributed by atoms with E-state index in [0.717, 1.165) is 42.5 Å². The van der Waals surface area contributed by atoms with E-state index in [9.17, 15) is 0 Å². The highest BCUT2D eigenvalue weighted by molar-refractivity contribution is 5.58. The first kappa shape index (κ1) is 14.7. The van der Waals surface area contributed by atoms with Gasteiger partial charge >= 0.3 is 0 Å². The average molecular weight is 250 g/mol. The Bertz CT molecular complexity index is 388. The van der Waals surface area contributed by atoms with Crippen molar-refractivity contribution in [3.05, 3.63) is 11.4 Å². The molecule has 4 nitrogen and oxygen atoms in total. The van der Waals surface area contributed by atoms with Gasteiger partial charge in [-0.3, -0.25) is 0 Å². The number of anilines is 2. The van der Waals surface area contributed by atoms with Gasteiger partial charge < -0.3 is 10.2 Å². The van der Waals surface area contributed by atoms with Gasteiger partial charge in [-0.25, -0.2) is 9.97 Å². The Labute approximate surface area is 111 Å². The Balaban J connectivity index is 3.19. The predicted molar refractivity (Wildman–Crippen MR) is 78.4 cm³/mol. The third kappa shape index (κ3) is 3.34. The molecule has 0 saturated heterocycles. The van der Waals surface area contributed by atoms with Gasteiger partial charge in [0.05, 0.1) is 0 Å². The highest BCUT2D eigenvalue weighted by atomic mass is 15.2. The fraction of sp³-hybridized carbons (Fsp3) is 0.714. The highest BCUT2D eigenvalue weighted by Gasteiger charge is 2.15. The smallest absolute Gasteiger partial charge is 0.137 e. The molecule has 4 heteroatoms. The molecule has 0 saturated carbocycles. The van der Waals surface area contributed by atoms with E-state index < -0.39 is 0 Å². The van der Waals surface area contributed by atoms with Crippen molar-refractivity contribution in [3.63, 3.8) is 0 Å². The van der Waals surface area contributed by atoms with Crippen LogP contribution in [-0.4, -0.2) is 30.1 Å². The second-order valence-corrected chi connectivity index (χ2v) is 4.97. The van der Waals surface area contributed by atoms with Crippen LogP contribution in [0.5, 0.6) is 0 Å². The van der Waals surface area contributed by atoms with Crippen LogP contribution in [0.4, 0.5) is 11.6 Å². The first-order valence-corrected chi connectivity index (χ1v) is 6.83. The van der Waals surface area contributed by atoms with Crippen molar-refractivity contribution >= 4 is 11.6 Å². The van der Waals surface area contributed by atoms with E-state index in [2.05, 4.69) is 49.8 Å². The molecule has 18 heavy (non-hydrogen) atoms. The zero-order chi connectivity index (χ0) is 13.7. The molecular weight excluding hydrogens is 224 g/mol. The van der Waals surface area contributed by atoms with Crippen molar-refractivity contribution in [2.75, 3.05) is 30.4 Å². The van der Waals surface area contributed by atoms with Crippen LogP contribution in [0.3, 0.4) is 0 Å². The Hall–Kier alpha value is -1.32. The molecule has 102 valence electrons. The molecular formula is C14H26N4. The Morgan fingerprint density at radius 2 is 1.89 bits per heavy atom. The van der Waals surface area contributed by atoms with Gasteiger partial charge in [0.2, 0.25) is 0 Å². The maximum atomic E-state index is 4.70. The van der Waals surface area contributed by atoms with Crippen molar-refractivity contribution in [2.24, 2.45) is 5.92 Å². The second-order valence-electron chi connectivity index (χ2n) is 4.97. The summed E-state index contributed by atoms with van der Waals surface area (Å²) in [5, 5.41) is 3.16. The minimum absolute atomic E-state index is 0.627.